The minimum atomic E-state index is -0.496. The highest BCUT2D eigenvalue weighted by Gasteiger charge is 2.09. The SMILES string of the molecule is Cc1ccc(N/C=C(/C#N)C(=O)Nc2cccc(Cl)c2)cc1. The molecule has 0 unspecified atom stereocenters. The van der Waals surface area contributed by atoms with Crippen LogP contribution in [0.25, 0.3) is 0 Å². The minimum absolute atomic E-state index is 0.0273. The summed E-state index contributed by atoms with van der Waals surface area (Å²) in [6, 6.07) is 16.2. The zero-order chi connectivity index (χ0) is 15.9. The Morgan fingerprint density at radius 1 is 1.18 bits per heavy atom. The van der Waals surface area contributed by atoms with Gasteiger partial charge < -0.3 is 10.6 Å². The summed E-state index contributed by atoms with van der Waals surface area (Å²) in [5.74, 6) is -0.496. The average molecular weight is 312 g/mol. The average Bonchev–Trinajstić information content (AvgIpc) is 2.49. The molecule has 0 saturated carbocycles. The summed E-state index contributed by atoms with van der Waals surface area (Å²) in [4.78, 5) is 12.0. The molecule has 0 fully saturated rings. The van der Waals surface area contributed by atoms with E-state index >= 15 is 0 Å². The molecule has 0 bridgehead atoms. The van der Waals surface area contributed by atoms with E-state index in [-0.39, 0.29) is 5.57 Å². The Bertz CT molecular complexity index is 745. The van der Waals surface area contributed by atoms with Crippen LogP contribution in [0.1, 0.15) is 5.56 Å². The van der Waals surface area contributed by atoms with Crippen LogP contribution < -0.4 is 10.6 Å². The first-order chi connectivity index (χ1) is 10.6. The van der Waals surface area contributed by atoms with E-state index in [0.29, 0.717) is 10.7 Å². The van der Waals surface area contributed by atoms with Gasteiger partial charge in [0.05, 0.1) is 0 Å². The first-order valence-corrected chi connectivity index (χ1v) is 6.96. The second kappa shape index (κ2) is 7.30. The highest BCUT2D eigenvalue weighted by atomic mass is 35.5. The number of carbonyl (C=O) groups excluding carboxylic acids is 1. The molecule has 0 aliphatic carbocycles. The summed E-state index contributed by atoms with van der Waals surface area (Å²) in [7, 11) is 0. The lowest BCUT2D eigenvalue weighted by atomic mass is 10.2. The molecule has 5 heteroatoms. The first kappa shape index (κ1) is 15.6. The van der Waals surface area contributed by atoms with Gasteiger partial charge in [0.25, 0.3) is 5.91 Å². The molecule has 0 aliphatic heterocycles. The Balaban J connectivity index is 2.07. The van der Waals surface area contributed by atoms with Crippen molar-refractivity contribution in [2.75, 3.05) is 10.6 Å². The summed E-state index contributed by atoms with van der Waals surface area (Å²) < 4.78 is 0. The number of nitrogens with one attached hydrogen (secondary N) is 2. The van der Waals surface area contributed by atoms with Gasteiger partial charge in [-0.1, -0.05) is 35.4 Å². The van der Waals surface area contributed by atoms with E-state index in [1.807, 2.05) is 37.3 Å². The van der Waals surface area contributed by atoms with E-state index in [2.05, 4.69) is 10.6 Å². The number of rotatable bonds is 4. The van der Waals surface area contributed by atoms with Crippen molar-refractivity contribution in [3.8, 4) is 6.07 Å². The van der Waals surface area contributed by atoms with Gasteiger partial charge in [0.15, 0.2) is 0 Å². The van der Waals surface area contributed by atoms with Crippen molar-refractivity contribution in [3.05, 3.63) is 70.9 Å². The lowest BCUT2D eigenvalue weighted by Crippen LogP contribution is -2.14. The Morgan fingerprint density at radius 2 is 1.91 bits per heavy atom. The quantitative estimate of drug-likeness (QED) is 0.660. The largest absolute Gasteiger partial charge is 0.360 e. The van der Waals surface area contributed by atoms with Crippen molar-refractivity contribution in [2.45, 2.75) is 6.92 Å². The first-order valence-electron chi connectivity index (χ1n) is 6.59. The molecule has 4 nitrogen and oxygen atoms in total. The number of hydrogen-bond acceptors (Lipinski definition) is 3. The smallest absolute Gasteiger partial charge is 0.267 e. The van der Waals surface area contributed by atoms with Crippen LogP contribution in [0.5, 0.6) is 0 Å². The minimum Gasteiger partial charge on any atom is -0.360 e. The molecule has 0 heterocycles. The second-order valence-corrected chi connectivity index (χ2v) is 5.08. The Morgan fingerprint density at radius 3 is 2.55 bits per heavy atom. The normalized spacial score (nSPS) is 10.7. The van der Waals surface area contributed by atoms with Crippen LogP contribution in [0, 0.1) is 18.3 Å². The predicted molar refractivity (Wildman–Crippen MR) is 88.6 cm³/mol. The van der Waals surface area contributed by atoms with Gasteiger partial charge >= 0.3 is 0 Å². The number of anilines is 2. The zero-order valence-corrected chi connectivity index (χ0v) is 12.7. The van der Waals surface area contributed by atoms with Crippen molar-refractivity contribution >= 4 is 28.9 Å². The monoisotopic (exact) mass is 311 g/mol. The predicted octanol–water partition coefficient (Wildman–Crippen LogP) is 4.11. The van der Waals surface area contributed by atoms with E-state index in [0.717, 1.165) is 11.3 Å². The van der Waals surface area contributed by atoms with Gasteiger partial charge in [0.2, 0.25) is 0 Å². The number of aryl methyl sites for hydroxylation is 1. The fraction of sp³-hybridized carbons (Fsp3) is 0.0588. The van der Waals surface area contributed by atoms with Crippen molar-refractivity contribution in [2.24, 2.45) is 0 Å². The molecule has 2 rings (SSSR count). The van der Waals surface area contributed by atoms with Crippen molar-refractivity contribution in [3.63, 3.8) is 0 Å². The maximum Gasteiger partial charge on any atom is 0.267 e. The van der Waals surface area contributed by atoms with Crippen LogP contribution in [-0.4, -0.2) is 5.91 Å². The Kier molecular flexibility index (Phi) is 5.18. The summed E-state index contributed by atoms with van der Waals surface area (Å²) in [5, 5.41) is 15.2. The maximum absolute atomic E-state index is 12.0. The van der Waals surface area contributed by atoms with Gasteiger partial charge in [-0.15, -0.1) is 0 Å². The summed E-state index contributed by atoms with van der Waals surface area (Å²) >= 11 is 5.85. The highest BCUT2D eigenvalue weighted by molar-refractivity contribution is 6.31. The van der Waals surface area contributed by atoms with Crippen LogP contribution >= 0.6 is 11.6 Å². The number of nitriles is 1. The van der Waals surface area contributed by atoms with E-state index in [1.54, 1.807) is 24.3 Å². The number of carbonyl (C=O) groups is 1. The van der Waals surface area contributed by atoms with Gasteiger partial charge in [-0.25, -0.2) is 0 Å². The molecule has 1 amide bonds. The van der Waals surface area contributed by atoms with Crippen LogP contribution in [0.15, 0.2) is 60.3 Å². The number of nitrogens with zero attached hydrogens (tertiary/aromatic N) is 1. The number of benzene rings is 2. The lowest BCUT2D eigenvalue weighted by molar-refractivity contribution is -0.112. The molecule has 0 atom stereocenters. The third-order valence-electron chi connectivity index (χ3n) is 2.88. The van der Waals surface area contributed by atoms with Crippen molar-refractivity contribution in [1.29, 1.82) is 5.26 Å². The lowest BCUT2D eigenvalue weighted by Gasteiger charge is -2.05. The standard InChI is InChI=1S/C17H14ClN3O/c1-12-5-7-15(8-6-12)20-11-13(10-19)17(22)21-16-4-2-3-14(18)9-16/h2-9,11,20H,1H3,(H,21,22)/b13-11-. The van der Waals surface area contributed by atoms with Gasteiger partial charge in [-0.3, -0.25) is 4.79 Å². The third-order valence-corrected chi connectivity index (χ3v) is 3.12. The van der Waals surface area contributed by atoms with Gasteiger partial charge in [-0.2, -0.15) is 5.26 Å². The molecular weight excluding hydrogens is 298 g/mol. The fourth-order valence-electron chi connectivity index (χ4n) is 1.72. The molecule has 0 radical (unpaired) electrons. The molecule has 2 N–H and O–H groups in total. The van der Waals surface area contributed by atoms with E-state index in [1.165, 1.54) is 6.20 Å². The van der Waals surface area contributed by atoms with Gasteiger partial charge in [0, 0.05) is 22.6 Å². The number of amides is 1. The van der Waals surface area contributed by atoms with Crippen molar-refractivity contribution in [1.82, 2.24) is 0 Å². The van der Waals surface area contributed by atoms with E-state index < -0.39 is 5.91 Å². The van der Waals surface area contributed by atoms with Crippen LogP contribution in [0.3, 0.4) is 0 Å². The van der Waals surface area contributed by atoms with E-state index in [9.17, 15) is 4.79 Å². The van der Waals surface area contributed by atoms with Gasteiger partial charge in [-0.05, 0) is 37.3 Å². The topological polar surface area (TPSA) is 64.9 Å². The molecule has 0 aliphatic rings. The summed E-state index contributed by atoms with van der Waals surface area (Å²) in [6.07, 6.45) is 1.38. The number of halogens is 1. The molecule has 0 aromatic heterocycles. The zero-order valence-electron chi connectivity index (χ0n) is 11.9. The van der Waals surface area contributed by atoms with E-state index in [4.69, 9.17) is 16.9 Å². The summed E-state index contributed by atoms with van der Waals surface area (Å²) in [5.41, 5.74) is 2.44. The Labute approximate surface area is 134 Å². The highest BCUT2D eigenvalue weighted by Crippen LogP contribution is 2.16. The van der Waals surface area contributed by atoms with Gasteiger partial charge in [0.1, 0.15) is 11.6 Å². The molecule has 0 spiro atoms. The Hall–Kier alpha value is -2.77. The molecule has 2 aromatic rings. The summed E-state index contributed by atoms with van der Waals surface area (Å²) in [6.45, 7) is 1.98. The molecular formula is C17H14ClN3O. The molecule has 2 aromatic carbocycles. The third kappa shape index (κ3) is 4.37. The molecule has 22 heavy (non-hydrogen) atoms. The number of hydrogen-bond donors (Lipinski definition) is 2. The van der Waals surface area contributed by atoms with Crippen LogP contribution in [0.4, 0.5) is 11.4 Å². The maximum atomic E-state index is 12.0. The van der Waals surface area contributed by atoms with Crippen LogP contribution in [-0.2, 0) is 4.79 Å². The van der Waals surface area contributed by atoms with Crippen LogP contribution in [0.2, 0.25) is 5.02 Å². The second-order valence-electron chi connectivity index (χ2n) is 4.64. The fourth-order valence-corrected chi connectivity index (χ4v) is 1.91. The van der Waals surface area contributed by atoms with Crippen molar-refractivity contribution < 1.29 is 4.79 Å². The molecule has 0 saturated heterocycles. The molecule has 110 valence electrons.